The number of nitrogens with one attached hydrogen (secondary N) is 1. The number of carbonyl (C=O) groups is 1. The number of hydrogen-bond donors (Lipinski definition) is 1. The molecule has 1 heterocycles. The summed E-state index contributed by atoms with van der Waals surface area (Å²) in [5.74, 6) is -0.435. The van der Waals surface area contributed by atoms with Gasteiger partial charge in [0.2, 0.25) is 0 Å². The Hall–Kier alpha value is -3.17. The summed E-state index contributed by atoms with van der Waals surface area (Å²) in [4.78, 5) is 12.5. The molecule has 3 aromatic rings. The van der Waals surface area contributed by atoms with Crippen LogP contribution in [0.1, 0.15) is 27.3 Å². The summed E-state index contributed by atoms with van der Waals surface area (Å²) in [5, 5.41) is 20.4. The minimum atomic E-state index is -0.435. The lowest BCUT2D eigenvalue weighted by atomic mass is 10.2. The first-order chi connectivity index (χ1) is 12.0. The Kier molecular flexibility index (Phi) is 4.50. The Balaban J connectivity index is 1.95. The predicted molar refractivity (Wildman–Crippen MR) is 95.0 cm³/mol. The lowest BCUT2D eigenvalue weighted by molar-refractivity contribution is 0.102. The van der Waals surface area contributed by atoms with Gasteiger partial charge < -0.3 is 5.32 Å². The van der Waals surface area contributed by atoms with E-state index in [-0.39, 0.29) is 5.69 Å². The number of rotatable bonds is 3. The molecule has 0 atom stereocenters. The predicted octanol–water partition coefficient (Wildman–Crippen LogP) is 3.66. The highest BCUT2D eigenvalue weighted by Crippen LogP contribution is 2.23. The zero-order valence-electron chi connectivity index (χ0n) is 13.6. The van der Waals surface area contributed by atoms with Gasteiger partial charge in [0, 0.05) is 0 Å². The summed E-state index contributed by atoms with van der Waals surface area (Å²) in [5.41, 5.74) is 3.20. The monoisotopic (exact) mass is 351 g/mol. The Bertz CT molecular complexity index is 1000. The molecule has 0 bridgehead atoms. The quantitative estimate of drug-likeness (QED) is 0.780. The maximum Gasteiger partial charge on any atom is 0.278 e. The first-order valence-corrected chi connectivity index (χ1v) is 7.88. The van der Waals surface area contributed by atoms with E-state index in [4.69, 9.17) is 16.9 Å². The van der Waals surface area contributed by atoms with Crippen molar-refractivity contribution in [2.45, 2.75) is 13.8 Å². The second kappa shape index (κ2) is 6.75. The minimum Gasteiger partial charge on any atom is -0.319 e. The Labute approximate surface area is 149 Å². The van der Waals surface area contributed by atoms with Crippen LogP contribution in [0.5, 0.6) is 0 Å². The molecule has 0 radical (unpaired) electrons. The van der Waals surface area contributed by atoms with Gasteiger partial charge in [-0.25, -0.2) is 4.68 Å². The SMILES string of the molecule is Cc1ccc(Cl)c(-n2nnc(C(=O)Nc3ccccc3C#N)c2C)c1. The van der Waals surface area contributed by atoms with Gasteiger partial charge in [-0.3, -0.25) is 4.79 Å². The van der Waals surface area contributed by atoms with Crippen LogP contribution in [0.4, 0.5) is 5.69 Å². The van der Waals surface area contributed by atoms with Crippen molar-refractivity contribution in [3.63, 3.8) is 0 Å². The largest absolute Gasteiger partial charge is 0.319 e. The van der Waals surface area contributed by atoms with Gasteiger partial charge in [0.15, 0.2) is 5.69 Å². The van der Waals surface area contributed by atoms with Crippen molar-refractivity contribution in [1.82, 2.24) is 15.0 Å². The fourth-order valence-electron chi connectivity index (χ4n) is 2.42. The van der Waals surface area contributed by atoms with Crippen molar-refractivity contribution < 1.29 is 4.79 Å². The molecular weight excluding hydrogens is 338 g/mol. The van der Waals surface area contributed by atoms with Gasteiger partial charge in [0.25, 0.3) is 5.91 Å². The van der Waals surface area contributed by atoms with Gasteiger partial charge >= 0.3 is 0 Å². The lowest BCUT2D eigenvalue weighted by Crippen LogP contribution is -2.15. The molecule has 124 valence electrons. The molecule has 0 unspecified atom stereocenters. The summed E-state index contributed by atoms with van der Waals surface area (Å²) in [6.07, 6.45) is 0. The minimum absolute atomic E-state index is 0.172. The van der Waals surface area contributed by atoms with Crippen LogP contribution in [0.15, 0.2) is 42.5 Å². The smallest absolute Gasteiger partial charge is 0.278 e. The summed E-state index contributed by atoms with van der Waals surface area (Å²) in [7, 11) is 0. The Morgan fingerprint density at radius 3 is 2.76 bits per heavy atom. The molecule has 0 spiro atoms. The van der Waals surface area contributed by atoms with Crippen LogP contribution in [0.3, 0.4) is 0 Å². The molecule has 1 N–H and O–H groups in total. The summed E-state index contributed by atoms with van der Waals surface area (Å²) < 4.78 is 1.53. The van der Waals surface area contributed by atoms with E-state index in [1.165, 1.54) is 4.68 Å². The van der Waals surface area contributed by atoms with Crippen molar-refractivity contribution in [2.75, 3.05) is 5.32 Å². The molecule has 1 amide bonds. The zero-order valence-corrected chi connectivity index (χ0v) is 14.4. The Morgan fingerprint density at radius 2 is 2.00 bits per heavy atom. The molecule has 1 aromatic heterocycles. The molecule has 25 heavy (non-hydrogen) atoms. The molecule has 6 nitrogen and oxygen atoms in total. The van der Waals surface area contributed by atoms with E-state index in [0.29, 0.717) is 27.7 Å². The number of carbonyl (C=O) groups excluding carboxylic acids is 1. The molecule has 0 aliphatic heterocycles. The second-order valence-corrected chi connectivity index (χ2v) is 5.91. The first-order valence-electron chi connectivity index (χ1n) is 7.50. The Morgan fingerprint density at radius 1 is 1.24 bits per heavy atom. The first kappa shape index (κ1) is 16.7. The number of aromatic nitrogens is 3. The summed E-state index contributed by atoms with van der Waals surface area (Å²) >= 11 is 6.24. The third-order valence-corrected chi connectivity index (χ3v) is 4.05. The highest BCUT2D eigenvalue weighted by Gasteiger charge is 2.19. The molecule has 2 aromatic carbocycles. The van der Waals surface area contributed by atoms with E-state index in [9.17, 15) is 4.79 Å². The van der Waals surface area contributed by atoms with Crippen molar-refractivity contribution in [2.24, 2.45) is 0 Å². The number of para-hydroxylation sites is 1. The van der Waals surface area contributed by atoms with Crippen LogP contribution in [0.25, 0.3) is 5.69 Å². The van der Waals surface area contributed by atoms with Crippen LogP contribution in [0, 0.1) is 25.2 Å². The van der Waals surface area contributed by atoms with E-state index in [1.54, 1.807) is 37.3 Å². The van der Waals surface area contributed by atoms with Crippen LogP contribution in [-0.4, -0.2) is 20.9 Å². The molecule has 0 saturated heterocycles. The average Bonchev–Trinajstić information content (AvgIpc) is 2.99. The number of nitriles is 1. The molecule has 0 saturated carbocycles. The van der Waals surface area contributed by atoms with Gasteiger partial charge in [-0.1, -0.05) is 35.0 Å². The average molecular weight is 352 g/mol. The van der Waals surface area contributed by atoms with Crippen LogP contribution < -0.4 is 5.32 Å². The number of anilines is 1. The van der Waals surface area contributed by atoms with E-state index < -0.39 is 5.91 Å². The number of nitrogens with zero attached hydrogens (tertiary/aromatic N) is 4. The van der Waals surface area contributed by atoms with Gasteiger partial charge in [-0.2, -0.15) is 5.26 Å². The van der Waals surface area contributed by atoms with Gasteiger partial charge in [0.05, 0.1) is 27.7 Å². The zero-order chi connectivity index (χ0) is 18.0. The van der Waals surface area contributed by atoms with E-state index >= 15 is 0 Å². The number of hydrogen-bond acceptors (Lipinski definition) is 4. The standard InChI is InChI=1S/C18H14ClN5O/c1-11-7-8-14(19)16(9-11)24-12(2)17(22-23-24)18(25)21-15-6-4-3-5-13(15)10-20/h3-9H,1-2H3,(H,21,25). The van der Waals surface area contributed by atoms with Gasteiger partial charge in [-0.05, 0) is 43.7 Å². The molecule has 0 aliphatic carbocycles. The number of halogens is 1. The maximum absolute atomic E-state index is 12.5. The van der Waals surface area contributed by atoms with Gasteiger partial charge in [-0.15, -0.1) is 5.10 Å². The third-order valence-electron chi connectivity index (χ3n) is 3.74. The van der Waals surface area contributed by atoms with Crippen LogP contribution >= 0.6 is 11.6 Å². The highest BCUT2D eigenvalue weighted by atomic mass is 35.5. The molecule has 3 rings (SSSR count). The second-order valence-electron chi connectivity index (χ2n) is 5.50. The molecule has 7 heteroatoms. The molecule has 0 fully saturated rings. The third kappa shape index (κ3) is 3.23. The van der Waals surface area contributed by atoms with Gasteiger partial charge in [0.1, 0.15) is 6.07 Å². The number of benzene rings is 2. The fourth-order valence-corrected chi connectivity index (χ4v) is 2.62. The van der Waals surface area contributed by atoms with Crippen molar-refractivity contribution >= 4 is 23.2 Å². The summed E-state index contributed by atoms with van der Waals surface area (Å²) in [6.45, 7) is 3.68. The van der Waals surface area contributed by atoms with Crippen LogP contribution in [-0.2, 0) is 0 Å². The lowest BCUT2D eigenvalue weighted by Gasteiger charge is -2.08. The number of amides is 1. The van der Waals surface area contributed by atoms with Crippen molar-refractivity contribution in [3.8, 4) is 11.8 Å². The topological polar surface area (TPSA) is 83.6 Å². The maximum atomic E-state index is 12.5. The highest BCUT2D eigenvalue weighted by molar-refractivity contribution is 6.32. The fraction of sp³-hybridized carbons (Fsp3) is 0.111. The molecule has 0 aliphatic rings. The van der Waals surface area contributed by atoms with Crippen molar-refractivity contribution in [3.05, 3.63) is 70.0 Å². The van der Waals surface area contributed by atoms with E-state index in [1.807, 2.05) is 25.1 Å². The summed E-state index contributed by atoms with van der Waals surface area (Å²) in [6, 6.07) is 14.3. The van der Waals surface area contributed by atoms with E-state index in [0.717, 1.165) is 5.56 Å². The molecular formula is C18H14ClN5O. The van der Waals surface area contributed by atoms with Crippen molar-refractivity contribution in [1.29, 1.82) is 5.26 Å². The van der Waals surface area contributed by atoms with E-state index in [2.05, 4.69) is 15.6 Å². The number of aryl methyl sites for hydroxylation is 1. The normalized spacial score (nSPS) is 10.3. The van der Waals surface area contributed by atoms with Crippen LogP contribution in [0.2, 0.25) is 5.02 Å².